The van der Waals surface area contributed by atoms with Crippen LogP contribution in [0.25, 0.3) is 0 Å². The molecule has 1 amide bonds. The van der Waals surface area contributed by atoms with E-state index in [9.17, 15) is 10.1 Å². The Morgan fingerprint density at radius 3 is 2.76 bits per heavy atom. The lowest BCUT2D eigenvalue weighted by molar-refractivity contribution is -0.138. The van der Waals surface area contributed by atoms with Crippen LogP contribution in [0.2, 0.25) is 0 Å². The Labute approximate surface area is 124 Å². The predicted octanol–water partition coefficient (Wildman–Crippen LogP) is 1.54. The lowest BCUT2D eigenvalue weighted by atomic mass is 10.2. The number of anilines is 1. The number of nitriles is 1. The first-order valence-electron chi connectivity index (χ1n) is 6.82. The lowest BCUT2D eigenvalue weighted by Gasteiger charge is -2.35. The van der Waals surface area contributed by atoms with Crippen LogP contribution in [0.1, 0.15) is 13.8 Å². The molecule has 1 saturated heterocycles. The number of hydrogen-bond donors (Lipinski definition) is 1. The summed E-state index contributed by atoms with van der Waals surface area (Å²) in [7, 11) is 0. The molecule has 21 heavy (non-hydrogen) atoms. The number of ether oxygens (including phenoxy) is 1. The molecule has 1 aliphatic rings. The number of carbonyl (C=O) groups excluding carboxylic acids is 1. The van der Waals surface area contributed by atoms with E-state index in [0.717, 1.165) is 0 Å². The van der Waals surface area contributed by atoms with Crippen molar-refractivity contribution in [2.75, 3.05) is 18.4 Å². The molecule has 2 heterocycles. The molecule has 1 aromatic heterocycles. The van der Waals surface area contributed by atoms with Gasteiger partial charge in [-0.2, -0.15) is 5.26 Å². The zero-order valence-corrected chi connectivity index (χ0v) is 12.1. The molecule has 0 saturated carbocycles. The summed E-state index contributed by atoms with van der Waals surface area (Å²) in [6, 6.07) is 7.31. The van der Waals surface area contributed by atoms with Gasteiger partial charge < -0.3 is 15.0 Å². The molecule has 1 fully saturated rings. The van der Waals surface area contributed by atoms with Crippen LogP contribution in [0.3, 0.4) is 0 Å². The standard InChI is InChI=1S/C15H18N4O2/c1-11-9-19(10-12(2)21-11)15(20)13(7-16)8-18-14-5-3-4-6-17-14/h3-6,8,11-12H,9-10H2,1-2H3,(H,17,18)/b13-8-. The fraction of sp³-hybridized carbons (Fsp3) is 0.400. The molecule has 6 nitrogen and oxygen atoms in total. The van der Waals surface area contributed by atoms with Crippen molar-refractivity contribution in [2.24, 2.45) is 0 Å². The number of pyridine rings is 1. The molecule has 2 rings (SSSR count). The highest BCUT2D eigenvalue weighted by Gasteiger charge is 2.27. The first kappa shape index (κ1) is 15.0. The zero-order chi connectivity index (χ0) is 15.2. The van der Waals surface area contributed by atoms with E-state index in [1.807, 2.05) is 26.0 Å². The summed E-state index contributed by atoms with van der Waals surface area (Å²) < 4.78 is 5.59. The minimum Gasteiger partial charge on any atom is -0.372 e. The number of hydrogen-bond acceptors (Lipinski definition) is 5. The van der Waals surface area contributed by atoms with Crippen LogP contribution in [0.15, 0.2) is 36.2 Å². The van der Waals surface area contributed by atoms with E-state index in [1.54, 1.807) is 23.2 Å². The second kappa shape index (κ2) is 6.86. The van der Waals surface area contributed by atoms with Crippen molar-refractivity contribution in [3.8, 4) is 6.07 Å². The summed E-state index contributed by atoms with van der Waals surface area (Å²) in [5.74, 6) is 0.296. The van der Waals surface area contributed by atoms with Crippen LogP contribution in [0.4, 0.5) is 5.82 Å². The minimum atomic E-state index is -0.289. The van der Waals surface area contributed by atoms with Gasteiger partial charge in [-0.1, -0.05) is 6.07 Å². The van der Waals surface area contributed by atoms with E-state index in [1.165, 1.54) is 6.20 Å². The Balaban J connectivity index is 2.06. The molecule has 0 radical (unpaired) electrons. The third-order valence-electron chi connectivity index (χ3n) is 3.09. The largest absolute Gasteiger partial charge is 0.372 e. The fourth-order valence-electron chi connectivity index (χ4n) is 2.25. The number of morpholine rings is 1. The van der Waals surface area contributed by atoms with Gasteiger partial charge in [0.1, 0.15) is 17.5 Å². The molecule has 110 valence electrons. The molecular formula is C15H18N4O2. The maximum Gasteiger partial charge on any atom is 0.266 e. The highest BCUT2D eigenvalue weighted by molar-refractivity contribution is 5.97. The zero-order valence-electron chi connectivity index (χ0n) is 12.1. The molecule has 2 atom stereocenters. The van der Waals surface area contributed by atoms with Crippen LogP contribution in [-0.4, -0.2) is 41.1 Å². The molecule has 2 unspecified atom stereocenters. The van der Waals surface area contributed by atoms with Crippen molar-refractivity contribution in [1.82, 2.24) is 9.88 Å². The van der Waals surface area contributed by atoms with Crippen LogP contribution >= 0.6 is 0 Å². The molecule has 0 spiro atoms. The van der Waals surface area contributed by atoms with Gasteiger partial charge in [0.15, 0.2) is 0 Å². The Hall–Kier alpha value is -2.39. The van der Waals surface area contributed by atoms with E-state index in [2.05, 4.69) is 10.3 Å². The summed E-state index contributed by atoms with van der Waals surface area (Å²) >= 11 is 0. The smallest absolute Gasteiger partial charge is 0.266 e. The third-order valence-corrected chi connectivity index (χ3v) is 3.09. The number of carbonyl (C=O) groups is 1. The molecule has 0 bridgehead atoms. The fourth-order valence-corrected chi connectivity index (χ4v) is 2.25. The van der Waals surface area contributed by atoms with E-state index in [-0.39, 0.29) is 23.7 Å². The maximum absolute atomic E-state index is 12.4. The van der Waals surface area contributed by atoms with Gasteiger partial charge in [-0.25, -0.2) is 4.98 Å². The van der Waals surface area contributed by atoms with Crippen molar-refractivity contribution < 1.29 is 9.53 Å². The Morgan fingerprint density at radius 2 is 2.19 bits per heavy atom. The monoisotopic (exact) mass is 286 g/mol. The van der Waals surface area contributed by atoms with Gasteiger partial charge >= 0.3 is 0 Å². The molecule has 1 N–H and O–H groups in total. The molecule has 6 heteroatoms. The second-order valence-corrected chi connectivity index (χ2v) is 5.00. The second-order valence-electron chi connectivity index (χ2n) is 5.00. The number of amides is 1. The van der Waals surface area contributed by atoms with Crippen LogP contribution < -0.4 is 5.32 Å². The van der Waals surface area contributed by atoms with Gasteiger partial charge in [0, 0.05) is 25.5 Å². The molecule has 1 aromatic rings. The number of aromatic nitrogens is 1. The topological polar surface area (TPSA) is 78.3 Å². The van der Waals surface area contributed by atoms with Crippen molar-refractivity contribution >= 4 is 11.7 Å². The summed E-state index contributed by atoms with van der Waals surface area (Å²) in [6.07, 6.45) is 2.98. The summed E-state index contributed by atoms with van der Waals surface area (Å²) in [6.45, 7) is 4.81. The van der Waals surface area contributed by atoms with Crippen molar-refractivity contribution in [1.29, 1.82) is 5.26 Å². The van der Waals surface area contributed by atoms with Crippen LogP contribution in [0, 0.1) is 11.3 Å². The summed E-state index contributed by atoms with van der Waals surface area (Å²) in [4.78, 5) is 18.1. The molecule has 1 aliphatic heterocycles. The van der Waals surface area contributed by atoms with Crippen molar-refractivity contribution in [3.05, 3.63) is 36.2 Å². The van der Waals surface area contributed by atoms with Gasteiger partial charge in [0.05, 0.1) is 12.2 Å². The highest BCUT2D eigenvalue weighted by Crippen LogP contribution is 2.13. The van der Waals surface area contributed by atoms with E-state index in [0.29, 0.717) is 18.9 Å². The van der Waals surface area contributed by atoms with Gasteiger partial charge in [0.2, 0.25) is 0 Å². The minimum absolute atomic E-state index is 0.0265. The summed E-state index contributed by atoms with van der Waals surface area (Å²) in [5, 5.41) is 12.0. The Kier molecular flexibility index (Phi) is 4.90. The number of nitrogens with one attached hydrogen (secondary N) is 1. The average Bonchev–Trinajstić information content (AvgIpc) is 2.47. The normalized spacial score (nSPS) is 22.5. The van der Waals surface area contributed by atoms with Crippen molar-refractivity contribution in [3.63, 3.8) is 0 Å². The molecule has 0 aromatic carbocycles. The van der Waals surface area contributed by atoms with Crippen LogP contribution in [0.5, 0.6) is 0 Å². The lowest BCUT2D eigenvalue weighted by Crippen LogP contribution is -2.48. The quantitative estimate of drug-likeness (QED) is 0.673. The van der Waals surface area contributed by atoms with Crippen molar-refractivity contribution in [2.45, 2.75) is 26.1 Å². The number of nitrogens with zero attached hydrogens (tertiary/aromatic N) is 3. The van der Waals surface area contributed by atoms with E-state index < -0.39 is 0 Å². The van der Waals surface area contributed by atoms with Gasteiger partial charge in [-0.3, -0.25) is 4.79 Å². The molecular weight excluding hydrogens is 268 g/mol. The maximum atomic E-state index is 12.4. The summed E-state index contributed by atoms with van der Waals surface area (Å²) in [5.41, 5.74) is 0.0574. The first-order chi connectivity index (χ1) is 10.1. The Morgan fingerprint density at radius 1 is 1.48 bits per heavy atom. The third kappa shape index (κ3) is 4.04. The van der Waals surface area contributed by atoms with Crippen LogP contribution in [-0.2, 0) is 9.53 Å². The van der Waals surface area contributed by atoms with Gasteiger partial charge in [-0.05, 0) is 26.0 Å². The number of rotatable bonds is 3. The van der Waals surface area contributed by atoms with Gasteiger partial charge in [-0.15, -0.1) is 0 Å². The SMILES string of the molecule is CC1CN(C(=O)/C(C#N)=C\Nc2ccccn2)CC(C)O1. The highest BCUT2D eigenvalue weighted by atomic mass is 16.5. The first-order valence-corrected chi connectivity index (χ1v) is 6.82. The molecule has 0 aliphatic carbocycles. The van der Waals surface area contributed by atoms with E-state index >= 15 is 0 Å². The van der Waals surface area contributed by atoms with Gasteiger partial charge in [0.25, 0.3) is 5.91 Å². The predicted molar refractivity (Wildman–Crippen MR) is 78.1 cm³/mol. The Bertz CT molecular complexity index is 555. The van der Waals surface area contributed by atoms with E-state index in [4.69, 9.17) is 4.74 Å². The average molecular weight is 286 g/mol.